The van der Waals surface area contributed by atoms with Crippen molar-refractivity contribution in [3.63, 3.8) is 0 Å². The minimum absolute atomic E-state index is 0.0110. The molecule has 3 aromatic rings. The van der Waals surface area contributed by atoms with Crippen molar-refractivity contribution >= 4 is 11.0 Å². The fourth-order valence-electron chi connectivity index (χ4n) is 4.78. The molecule has 2 aliphatic heterocycles. The maximum Gasteiger partial charge on any atom is 0.200 e. The lowest BCUT2D eigenvalue weighted by atomic mass is 9.89. The van der Waals surface area contributed by atoms with Gasteiger partial charge in [0, 0.05) is 0 Å². The maximum atomic E-state index is 13.3. The Morgan fingerprint density at radius 3 is 2.36 bits per heavy atom. The summed E-state index contributed by atoms with van der Waals surface area (Å²) in [6, 6.07) is 8.39. The molecule has 2 fully saturated rings. The highest BCUT2D eigenvalue weighted by Gasteiger charge is 2.50. The molecular weight excluding hydrogens is 520 g/mol. The molecular formula is C26H28O13. The van der Waals surface area contributed by atoms with Gasteiger partial charge in [-0.05, 0) is 29.8 Å². The molecule has 0 saturated carbocycles. The monoisotopic (exact) mass is 548 g/mol. The number of hydrogen-bond donors (Lipinski definition) is 8. The van der Waals surface area contributed by atoms with Gasteiger partial charge in [-0.25, -0.2) is 0 Å². The minimum Gasteiger partial charge on any atom is -0.508 e. The molecule has 0 unspecified atom stereocenters. The summed E-state index contributed by atoms with van der Waals surface area (Å²) in [7, 11) is 0. The van der Waals surface area contributed by atoms with Gasteiger partial charge < -0.3 is 59.5 Å². The van der Waals surface area contributed by atoms with Crippen LogP contribution in [-0.2, 0) is 14.2 Å². The molecule has 8 N–H and O–H groups in total. The molecule has 0 amide bonds. The Balaban J connectivity index is 1.46. The predicted molar refractivity (Wildman–Crippen MR) is 131 cm³/mol. The second kappa shape index (κ2) is 10.5. The van der Waals surface area contributed by atoms with E-state index in [1.807, 2.05) is 0 Å². The highest BCUT2D eigenvalue weighted by Crippen LogP contribution is 2.41. The van der Waals surface area contributed by atoms with Crippen LogP contribution in [0.2, 0.25) is 0 Å². The molecule has 0 bridgehead atoms. The molecule has 0 radical (unpaired) electrons. The number of benzene rings is 2. The zero-order valence-corrected chi connectivity index (χ0v) is 20.3. The number of phenolic OH excluding ortho intramolecular Hbond substituents is 2. The first-order chi connectivity index (χ1) is 18.6. The normalized spacial score (nSPS) is 33.0. The Kier molecular flexibility index (Phi) is 7.37. The van der Waals surface area contributed by atoms with Gasteiger partial charge in [0.05, 0.1) is 36.3 Å². The molecule has 210 valence electrons. The van der Waals surface area contributed by atoms with Crippen LogP contribution in [-0.4, -0.2) is 103 Å². The van der Waals surface area contributed by atoms with Crippen LogP contribution >= 0.6 is 0 Å². The quantitative estimate of drug-likeness (QED) is 0.183. The Morgan fingerprint density at radius 1 is 0.974 bits per heavy atom. The average molecular weight is 548 g/mol. The van der Waals surface area contributed by atoms with Crippen LogP contribution in [0.15, 0.2) is 51.9 Å². The largest absolute Gasteiger partial charge is 0.508 e. The van der Waals surface area contributed by atoms with Crippen molar-refractivity contribution in [1.82, 2.24) is 0 Å². The molecule has 13 nitrogen and oxygen atoms in total. The Labute approximate surface area is 220 Å². The van der Waals surface area contributed by atoms with E-state index in [4.69, 9.17) is 18.6 Å². The number of aliphatic hydroxyl groups excluding tert-OH is 5. The molecule has 2 saturated heterocycles. The third-order valence-corrected chi connectivity index (χ3v) is 7.14. The zero-order chi connectivity index (χ0) is 28.1. The Morgan fingerprint density at radius 2 is 1.69 bits per heavy atom. The van der Waals surface area contributed by atoms with Crippen molar-refractivity contribution < 1.29 is 59.5 Å². The van der Waals surface area contributed by atoms with Gasteiger partial charge in [0.25, 0.3) is 0 Å². The van der Waals surface area contributed by atoms with Crippen molar-refractivity contribution in [2.75, 3.05) is 19.8 Å². The van der Waals surface area contributed by atoms with Crippen LogP contribution in [0, 0.1) is 0 Å². The van der Waals surface area contributed by atoms with Gasteiger partial charge in [-0.2, -0.15) is 0 Å². The van der Waals surface area contributed by atoms with Crippen molar-refractivity contribution in [2.24, 2.45) is 0 Å². The maximum absolute atomic E-state index is 13.3. The fraction of sp³-hybridized carbons (Fsp3) is 0.423. The molecule has 2 aromatic carbocycles. The predicted octanol–water partition coefficient (Wildman–Crippen LogP) is -1.15. The number of ether oxygens (including phenoxy) is 3. The summed E-state index contributed by atoms with van der Waals surface area (Å²) in [5, 5.41) is 81.7. The van der Waals surface area contributed by atoms with Gasteiger partial charge >= 0.3 is 0 Å². The van der Waals surface area contributed by atoms with E-state index in [0.29, 0.717) is 5.56 Å². The van der Waals surface area contributed by atoms with E-state index in [0.717, 1.165) is 6.26 Å². The van der Waals surface area contributed by atoms with Crippen LogP contribution in [0.1, 0.15) is 11.7 Å². The number of fused-ring (bicyclic) bond motifs is 1. The van der Waals surface area contributed by atoms with Gasteiger partial charge in [0.1, 0.15) is 65.6 Å². The van der Waals surface area contributed by atoms with Crippen LogP contribution in [0.25, 0.3) is 22.1 Å². The van der Waals surface area contributed by atoms with E-state index in [2.05, 4.69) is 0 Å². The molecule has 5 rings (SSSR count). The number of phenols is 2. The first-order valence-electron chi connectivity index (χ1n) is 12.1. The third kappa shape index (κ3) is 4.78. The van der Waals surface area contributed by atoms with E-state index in [-0.39, 0.29) is 27.8 Å². The first kappa shape index (κ1) is 27.5. The van der Waals surface area contributed by atoms with Gasteiger partial charge in [-0.1, -0.05) is 12.1 Å². The lowest BCUT2D eigenvalue weighted by Gasteiger charge is -2.41. The van der Waals surface area contributed by atoms with Crippen LogP contribution in [0.4, 0.5) is 0 Å². The number of hydrogen-bond acceptors (Lipinski definition) is 13. The lowest BCUT2D eigenvalue weighted by Crippen LogP contribution is -2.56. The van der Waals surface area contributed by atoms with Gasteiger partial charge in [0.15, 0.2) is 6.29 Å². The molecule has 0 aliphatic carbocycles. The standard InChI is InChI=1S/C26H28O13/c27-9-26(35)10-38-25(24(26)34)37-8-16-19(31)20(32)21(33)23(39-16)17-15(29)6-5-13-18(30)14(7-36-22(13)17)11-1-3-12(28)4-2-11/h1-7,16,19-21,23-25,27-29,31-35H,8-10H2/t16-,19-,20+,21-,23+,24+,25+,26-/m1/s1. The van der Waals surface area contributed by atoms with Crippen molar-refractivity contribution in [1.29, 1.82) is 0 Å². The SMILES string of the molecule is O=c1c(-c2ccc(O)cc2)coc2c([C@@H]3O[C@H](CO[C@H]4OC[C@](O)(CO)[C@H]4O)[C@@H](O)[C@H](O)[C@H]3O)c(O)ccc12. The average Bonchev–Trinajstić information content (AvgIpc) is 3.22. The van der Waals surface area contributed by atoms with Crippen LogP contribution < -0.4 is 5.43 Å². The molecule has 8 atom stereocenters. The van der Waals surface area contributed by atoms with Gasteiger partial charge in [-0.3, -0.25) is 4.79 Å². The van der Waals surface area contributed by atoms with Gasteiger partial charge in [0.2, 0.25) is 5.43 Å². The Bertz CT molecular complexity index is 1390. The van der Waals surface area contributed by atoms with E-state index < -0.39 is 79.5 Å². The number of aromatic hydroxyl groups is 2. The smallest absolute Gasteiger partial charge is 0.200 e. The number of aliphatic hydroxyl groups is 6. The number of rotatable bonds is 6. The summed E-state index contributed by atoms with van der Waals surface area (Å²) in [6.45, 7) is -1.70. The van der Waals surface area contributed by atoms with E-state index in [1.54, 1.807) is 0 Å². The summed E-state index contributed by atoms with van der Waals surface area (Å²) < 4.78 is 22.1. The second-order valence-electron chi connectivity index (χ2n) is 9.69. The van der Waals surface area contributed by atoms with E-state index in [1.165, 1.54) is 36.4 Å². The highest BCUT2D eigenvalue weighted by molar-refractivity contribution is 5.86. The molecule has 1 aromatic heterocycles. The van der Waals surface area contributed by atoms with Gasteiger partial charge in [-0.15, -0.1) is 0 Å². The van der Waals surface area contributed by atoms with Crippen LogP contribution in [0.3, 0.4) is 0 Å². The first-order valence-corrected chi connectivity index (χ1v) is 12.1. The summed E-state index contributed by atoms with van der Waals surface area (Å²) in [5.74, 6) is -0.408. The van der Waals surface area contributed by atoms with Crippen molar-refractivity contribution in [3.8, 4) is 22.6 Å². The summed E-state index contributed by atoms with van der Waals surface area (Å²) in [5.41, 5.74) is -2.07. The Hall–Kier alpha value is -3.11. The van der Waals surface area contributed by atoms with Crippen molar-refractivity contribution in [2.45, 2.75) is 48.5 Å². The zero-order valence-electron chi connectivity index (χ0n) is 20.3. The third-order valence-electron chi connectivity index (χ3n) is 7.14. The molecule has 39 heavy (non-hydrogen) atoms. The molecule has 13 heteroatoms. The molecule has 3 heterocycles. The van der Waals surface area contributed by atoms with Crippen LogP contribution in [0.5, 0.6) is 11.5 Å². The lowest BCUT2D eigenvalue weighted by molar-refractivity contribution is -0.252. The van der Waals surface area contributed by atoms with E-state index in [9.17, 15) is 45.6 Å². The highest BCUT2D eigenvalue weighted by atomic mass is 16.7. The van der Waals surface area contributed by atoms with Crippen molar-refractivity contribution in [3.05, 3.63) is 58.4 Å². The summed E-state index contributed by atoms with van der Waals surface area (Å²) in [6.07, 6.45) is -9.88. The summed E-state index contributed by atoms with van der Waals surface area (Å²) >= 11 is 0. The fourth-order valence-corrected chi connectivity index (χ4v) is 4.78. The molecule has 0 spiro atoms. The molecule has 2 aliphatic rings. The second-order valence-corrected chi connectivity index (χ2v) is 9.69. The topological polar surface area (TPSA) is 220 Å². The van der Waals surface area contributed by atoms with E-state index >= 15 is 0 Å². The minimum atomic E-state index is -1.94. The summed E-state index contributed by atoms with van der Waals surface area (Å²) in [4.78, 5) is 13.3.